The van der Waals surface area contributed by atoms with Gasteiger partial charge in [0.25, 0.3) is 28.4 Å². The Hall–Kier alpha value is -15.0. The van der Waals surface area contributed by atoms with Crippen LogP contribution in [-0.4, -0.2) is 76.6 Å². The Morgan fingerprint density at radius 1 is 0.307 bits per heavy atom. The van der Waals surface area contributed by atoms with Gasteiger partial charge >= 0.3 is 69.6 Å². The summed E-state index contributed by atoms with van der Waals surface area (Å²) in [6.07, 6.45) is 0. The van der Waals surface area contributed by atoms with Gasteiger partial charge in [0.05, 0.1) is 55.2 Å². The van der Waals surface area contributed by atoms with Crippen LogP contribution in [0.3, 0.4) is 0 Å². The van der Waals surface area contributed by atoms with Gasteiger partial charge in [0, 0.05) is 104 Å². The predicted molar refractivity (Wildman–Crippen MR) is 581 cm³/mol. The van der Waals surface area contributed by atoms with Gasteiger partial charge in [-0.15, -0.1) is 31.6 Å². The van der Waals surface area contributed by atoms with E-state index in [4.69, 9.17) is 128 Å². The fourth-order valence-corrected chi connectivity index (χ4v) is 18.2. The minimum atomic E-state index is -4.26. The van der Waals surface area contributed by atoms with E-state index >= 15 is 0 Å². The second-order valence-electron chi connectivity index (χ2n) is 31.5. The van der Waals surface area contributed by atoms with Crippen LogP contribution in [0.15, 0.2) is 352 Å². The van der Waals surface area contributed by atoms with Crippen molar-refractivity contribution < 1.29 is 19.7 Å². The summed E-state index contributed by atoms with van der Waals surface area (Å²) in [6.45, 7) is 40.0. The van der Waals surface area contributed by atoms with Crippen molar-refractivity contribution >= 4 is 271 Å². The first-order valence-electron chi connectivity index (χ1n) is 42.6. The van der Waals surface area contributed by atoms with Gasteiger partial charge in [-0.2, -0.15) is 5.26 Å². The summed E-state index contributed by atoms with van der Waals surface area (Å²) in [5, 5.41) is 42.5. The maximum atomic E-state index is 9.47. The third-order valence-corrected chi connectivity index (χ3v) is 24.2. The van der Waals surface area contributed by atoms with Crippen molar-refractivity contribution in [2.24, 2.45) is 0 Å². The summed E-state index contributed by atoms with van der Waals surface area (Å²) >= 11 is 10.9. The number of nitriles is 1. The van der Waals surface area contributed by atoms with Gasteiger partial charge in [0.15, 0.2) is 10.8 Å². The number of halogens is 7. The molecule has 1 unspecified atom stereocenters. The van der Waals surface area contributed by atoms with Crippen LogP contribution in [0.4, 0.5) is 29.1 Å². The Morgan fingerprint density at radius 3 is 0.850 bits per heavy atom. The van der Waals surface area contributed by atoms with Crippen molar-refractivity contribution in [2.45, 2.75) is 7.43 Å². The molecule has 0 bridgehead atoms. The number of fused-ring (bicyclic) bond motifs is 21. The van der Waals surface area contributed by atoms with E-state index < -0.39 is 16.7 Å². The summed E-state index contributed by atoms with van der Waals surface area (Å²) in [5.41, 5.74) is 20.3. The fraction of sp³-hybridized carbons (Fsp3) is 0.0182. The molecular formula is C110H68BCl7MoN17O2P2-2. The van der Waals surface area contributed by atoms with Gasteiger partial charge in [0.2, 0.25) is 22.4 Å². The minimum absolute atomic E-state index is 0. The molecule has 0 aliphatic carbocycles. The molecule has 1 atom stereocenters. The monoisotopic (exact) mass is 2070 g/mol. The Bertz CT molecular complexity index is 8890. The summed E-state index contributed by atoms with van der Waals surface area (Å²) in [5.74, 6) is -0.117. The normalized spacial score (nSPS) is 11.4. The number of hydrogen-bond acceptors (Lipinski definition) is 9. The van der Waals surface area contributed by atoms with Crippen LogP contribution in [0.1, 0.15) is 13.1 Å². The molecule has 0 spiro atoms. The van der Waals surface area contributed by atoms with E-state index in [1.807, 2.05) is 122 Å². The second kappa shape index (κ2) is 40.2. The van der Waals surface area contributed by atoms with Crippen LogP contribution >= 0.6 is 87.5 Å². The van der Waals surface area contributed by atoms with Gasteiger partial charge in [-0.1, -0.05) is 258 Å². The van der Waals surface area contributed by atoms with E-state index in [1.165, 1.54) is 0 Å². The first-order valence-corrected chi connectivity index (χ1v) is 59.1. The zero-order chi connectivity index (χ0) is 96.5. The molecule has 0 aliphatic heterocycles. The Kier molecular flexibility index (Phi) is 27.4. The van der Waals surface area contributed by atoms with Crippen molar-refractivity contribution in [2.75, 3.05) is 6.66 Å². The van der Waals surface area contributed by atoms with Crippen molar-refractivity contribution in [1.82, 2.24) is 52.7 Å². The Labute approximate surface area is 837 Å². The van der Waals surface area contributed by atoms with Crippen LogP contribution in [0.2, 0.25) is 10.3 Å². The summed E-state index contributed by atoms with van der Waals surface area (Å²) in [6, 6.07) is 122. The zero-order valence-electron chi connectivity index (χ0n) is 72.6. The third-order valence-electron chi connectivity index (χ3n) is 23.5. The number of benzene rings is 16. The predicted octanol–water partition coefficient (Wildman–Crippen LogP) is 32.7. The molecule has 8 aromatic heterocycles. The van der Waals surface area contributed by atoms with E-state index in [9.17, 15) is 10.0 Å². The molecule has 0 fully saturated rings. The van der Waals surface area contributed by atoms with Gasteiger partial charge in [-0.3, -0.25) is 0 Å². The van der Waals surface area contributed by atoms with Crippen LogP contribution in [-0.2, 0) is 9.60 Å². The van der Waals surface area contributed by atoms with Gasteiger partial charge < -0.3 is 74.3 Å². The maximum absolute atomic E-state index is 9.47. The van der Waals surface area contributed by atoms with Gasteiger partial charge in [0.1, 0.15) is 6.07 Å². The van der Waals surface area contributed by atoms with Crippen molar-refractivity contribution in [3.8, 4) is 57.0 Å². The molecule has 19 nitrogen and oxygen atoms in total. The Balaban J connectivity index is 0.000000131. The molecule has 30 heteroatoms. The average molecular weight is 2080 g/mol. The molecule has 0 radical (unpaired) electrons. The summed E-state index contributed by atoms with van der Waals surface area (Å²) < 4.78 is 11.2. The number of nitrogens with zero attached hydrogens (tertiary/aromatic N) is 17. The van der Waals surface area contributed by atoms with Crippen molar-refractivity contribution in [3.63, 3.8) is 0 Å². The molecule has 0 aliphatic rings. The van der Waals surface area contributed by atoms with E-state index in [2.05, 4.69) is 296 Å². The average Bonchev–Trinajstić information content (AvgIpc) is 1.48. The number of hydrogen-bond donors (Lipinski definition) is 2. The van der Waals surface area contributed by atoms with E-state index in [0.717, 1.165) is 178 Å². The fourth-order valence-electron chi connectivity index (χ4n) is 18.0. The standard InChI is InChI=1S/C42H22N6.C42H24N6.C18H14BNO2.C6Cl2N4.CH4P2.CH4.5ClH.Mo/c1-43-41-42(44-2)46-40-34-24-38-32(28-18-10-12-20-36(28)48(38)26-15-7-4-8-16-26)22-30(34)29-21-31-27-17-9-11-19-35(27)47(25-13-5-3-6-14-25)37(31)23-33(29)39(40)45-41;1-43-41-42(44-2)46-40(28-22-24-34-32-18-10-12-20-36(32)48(38(34)26-28)30-15-7-4-8-16-30)39(45-41)27-21-23-33-31-17-9-11-19-35(31)47(37(33)25-27)29-13-5-3-6-14-29;21-19(22)13-10-11-16-15-8-4-5-9-17(15)20(18(16)12-13)14-6-2-1-3-7-14;1-10-6-3(2-9)11-4(7)5(8)12-6;1-3-2;;;;;;;/h3-24H;3-26H;1-12,21-22H;;3H,1H3;1H4;5*1H;/q;;;;-2;;;;;;;+5/p-5. The van der Waals surface area contributed by atoms with E-state index in [1.54, 1.807) is 12.1 Å². The van der Waals surface area contributed by atoms with Crippen LogP contribution < -0.4 is 5.46 Å². The molecule has 24 aromatic rings. The summed E-state index contributed by atoms with van der Waals surface area (Å²) in [7, 11) is 24.1. The number of aromatic nitrogens is 11. The summed E-state index contributed by atoms with van der Waals surface area (Å²) in [4.78, 5) is 43.9. The Morgan fingerprint density at radius 2 is 0.557 bits per heavy atom. The van der Waals surface area contributed by atoms with Gasteiger partial charge in [-0.05, 0) is 173 Å². The third kappa shape index (κ3) is 18.5. The van der Waals surface area contributed by atoms with E-state index in [-0.39, 0.29) is 52.5 Å². The van der Waals surface area contributed by atoms with E-state index in [0.29, 0.717) is 27.9 Å². The molecule has 0 saturated heterocycles. The topological polar surface area (TPSA) is 188 Å². The molecule has 2 N–H and O–H groups in total. The molecule has 24 rings (SSSR count). The second-order valence-corrected chi connectivity index (χ2v) is 64.5. The first-order chi connectivity index (χ1) is 67.5. The van der Waals surface area contributed by atoms with Crippen LogP contribution in [0.25, 0.3) is 217 Å². The molecule has 0 saturated carbocycles. The molecule has 140 heavy (non-hydrogen) atoms. The molecule has 0 amide bonds. The molecule has 8 heterocycles. The van der Waals surface area contributed by atoms with Crippen LogP contribution in [0.5, 0.6) is 0 Å². The molecule has 16 aromatic carbocycles. The first kappa shape index (κ1) is 95.4. The quantitative estimate of drug-likeness (QED) is 0.0646. The number of rotatable bonds is 8. The number of para-hydroxylation sites is 10. The van der Waals surface area contributed by atoms with Gasteiger partial charge in [-0.25, -0.2) is 4.98 Å². The zero-order valence-corrected chi connectivity index (χ0v) is 81.8. The van der Waals surface area contributed by atoms with Crippen molar-refractivity contribution in [3.05, 3.63) is 425 Å². The SMILES string of the molecule is C.CP[P-2].OB(O)c1ccc2c3ccccc3n(-c3ccccc3)c2c1.[C-]#[N+]c1nc(-c2ccc3c4ccccc4n(-c4ccccc4)c3c2)c(-c2ccc3c4ccccc4n(-c4ccccc4)c3c2)nc1[N+]#[C-].[C-]#[N+]c1nc(Cl)c(Cl)nc1C#N.[C-]#[N+]c1nc2c3cc4c(cc3c3cc5c6ccccc6n(-c6ccccc6)c5cc3c2nc1[N+]#[C-])c1ccccc1n4-c1ccccc1.[Cl][Mo]([Cl])([Cl])([Cl])[Cl]. The van der Waals surface area contributed by atoms with Crippen molar-refractivity contribution in [1.29, 1.82) is 5.26 Å². The van der Waals surface area contributed by atoms with Crippen LogP contribution in [0, 0.1) is 44.2 Å². The molecule has 675 valence electrons. The molecular weight excluding hydrogens is 2010 g/mol.